The highest BCUT2D eigenvalue weighted by atomic mass is 35.5. The molecule has 0 aliphatic rings. The summed E-state index contributed by atoms with van der Waals surface area (Å²) in [6, 6.07) is 2.78. The predicted molar refractivity (Wildman–Crippen MR) is 71.3 cm³/mol. The molecule has 1 aromatic carbocycles. The van der Waals surface area contributed by atoms with E-state index in [1.54, 1.807) is 0 Å². The molecule has 2 atom stereocenters. The number of aromatic nitrogens is 2. The Morgan fingerprint density at radius 2 is 1.90 bits per heavy atom. The summed E-state index contributed by atoms with van der Waals surface area (Å²) in [5, 5.41) is 10.2. The fourth-order valence-corrected chi connectivity index (χ4v) is 2.20. The number of nitrogens with zero attached hydrogens (tertiary/aromatic N) is 2. The topological polar surface area (TPSA) is 46.0 Å². The third-order valence-corrected chi connectivity index (χ3v) is 3.77. The minimum Gasteiger partial charge on any atom is -0.385 e. The van der Waals surface area contributed by atoms with Gasteiger partial charge < -0.3 is 5.11 Å². The molecular weight excluding hydrogens is 305 g/mol. The van der Waals surface area contributed by atoms with E-state index in [-0.39, 0.29) is 16.4 Å². The Morgan fingerprint density at radius 1 is 1.24 bits per heavy atom. The van der Waals surface area contributed by atoms with Gasteiger partial charge in [0.1, 0.15) is 18.0 Å². The molecular formula is C14H12ClF3N2O. The molecule has 21 heavy (non-hydrogen) atoms. The lowest BCUT2D eigenvalue weighted by molar-refractivity contribution is 0.0262. The number of halogens is 4. The van der Waals surface area contributed by atoms with Crippen LogP contribution in [-0.4, -0.2) is 15.1 Å². The third-order valence-electron chi connectivity index (χ3n) is 3.50. The van der Waals surface area contributed by atoms with Crippen molar-refractivity contribution in [1.82, 2.24) is 9.97 Å². The van der Waals surface area contributed by atoms with Gasteiger partial charge in [-0.2, -0.15) is 0 Å². The van der Waals surface area contributed by atoms with Crippen molar-refractivity contribution in [2.24, 2.45) is 0 Å². The molecule has 0 saturated carbocycles. The van der Waals surface area contributed by atoms with Crippen LogP contribution in [-0.2, 0) is 5.60 Å². The van der Waals surface area contributed by atoms with Gasteiger partial charge in [0, 0.05) is 17.5 Å². The van der Waals surface area contributed by atoms with Crippen molar-refractivity contribution in [2.75, 3.05) is 0 Å². The zero-order chi connectivity index (χ0) is 15.8. The summed E-state index contributed by atoms with van der Waals surface area (Å²) in [5.74, 6) is -3.50. The number of hydrogen-bond acceptors (Lipinski definition) is 3. The summed E-state index contributed by atoms with van der Waals surface area (Å²) in [6.45, 7) is 2.76. The van der Waals surface area contributed by atoms with E-state index in [0.29, 0.717) is 6.07 Å². The lowest BCUT2D eigenvalue weighted by atomic mass is 9.81. The molecule has 2 aromatic rings. The van der Waals surface area contributed by atoms with E-state index in [1.807, 2.05) is 0 Å². The van der Waals surface area contributed by atoms with Crippen molar-refractivity contribution in [1.29, 1.82) is 0 Å². The minimum absolute atomic E-state index is 0.149. The molecule has 1 N–H and O–H groups in total. The summed E-state index contributed by atoms with van der Waals surface area (Å²) in [7, 11) is 0. The Hall–Kier alpha value is -1.66. The third kappa shape index (κ3) is 2.87. The first-order valence-electron chi connectivity index (χ1n) is 6.09. The van der Waals surface area contributed by atoms with Gasteiger partial charge in [-0.15, -0.1) is 0 Å². The molecule has 0 aliphatic heterocycles. The maximum atomic E-state index is 13.9. The molecule has 2 rings (SSSR count). The van der Waals surface area contributed by atoms with E-state index in [0.717, 1.165) is 18.5 Å². The zero-order valence-corrected chi connectivity index (χ0v) is 12.0. The number of hydrogen-bond donors (Lipinski definition) is 1. The first-order chi connectivity index (χ1) is 9.75. The van der Waals surface area contributed by atoms with E-state index in [9.17, 15) is 18.3 Å². The summed E-state index contributed by atoms with van der Waals surface area (Å²) < 4.78 is 40.7. The molecule has 0 saturated heterocycles. The highest BCUT2D eigenvalue weighted by molar-refractivity contribution is 6.29. The molecule has 7 heteroatoms. The van der Waals surface area contributed by atoms with E-state index < -0.39 is 29.0 Å². The predicted octanol–water partition coefficient (Wildman–Crippen LogP) is 3.56. The molecule has 0 fully saturated rings. The summed E-state index contributed by atoms with van der Waals surface area (Å²) in [5.41, 5.74) is -2.12. The fraction of sp³-hybridized carbons (Fsp3) is 0.286. The van der Waals surface area contributed by atoms with Gasteiger partial charge in [-0.25, -0.2) is 23.1 Å². The SMILES string of the molecule is C[C@H](c1ncnc(Cl)c1F)[C@@](C)(O)c1ccc(F)cc1F. The van der Waals surface area contributed by atoms with Gasteiger partial charge in [0.2, 0.25) is 0 Å². The summed E-state index contributed by atoms with van der Waals surface area (Å²) in [6.07, 6.45) is 1.05. The largest absolute Gasteiger partial charge is 0.385 e. The molecule has 0 aliphatic carbocycles. The van der Waals surface area contributed by atoms with Gasteiger partial charge in [-0.3, -0.25) is 0 Å². The summed E-state index contributed by atoms with van der Waals surface area (Å²) >= 11 is 5.57. The average Bonchev–Trinajstić information content (AvgIpc) is 2.40. The van der Waals surface area contributed by atoms with Crippen molar-refractivity contribution in [2.45, 2.75) is 25.4 Å². The fourth-order valence-electron chi connectivity index (χ4n) is 2.06. The number of rotatable bonds is 3. The second kappa shape index (κ2) is 5.61. The van der Waals surface area contributed by atoms with Crippen molar-refractivity contribution in [3.05, 3.63) is 58.4 Å². The van der Waals surface area contributed by atoms with E-state index in [4.69, 9.17) is 11.6 Å². The second-order valence-corrected chi connectivity index (χ2v) is 5.22. The monoisotopic (exact) mass is 316 g/mol. The maximum absolute atomic E-state index is 13.9. The van der Waals surface area contributed by atoms with Crippen molar-refractivity contribution in [3.63, 3.8) is 0 Å². The standard InChI is InChI=1S/C14H12ClF3N2O/c1-7(12-11(18)13(15)20-6-19-12)14(2,21)9-4-3-8(16)5-10(9)17/h3-7,21H,1-2H3/t7-,14-/m1/s1. The smallest absolute Gasteiger partial charge is 0.182 e. The van der Waals surface area contributed by atoms with Crippen LogP contribution in [0.1, 0.15) is 31.0 Å². The molecule has 112 valence electrons. The van der Waals surface area contributed by atoms with Crippen LogP contribution in [0.4, 0.5) is 13.2 Å². The lowest BCUT2D eigenvalue weighted by Crippen LogP contribution is -2.31. The second-order valence-electron chi connectivity index (χ2n) is 4.86. The van der Waals surface area contributed by atoms with Gasteiger partial charge in [0.05, 0.1) is 11.3 Å². The van der Waals surface area contributed by atoms with E-state index >= 15 is 0 Å². The van der Waals surface area contributed by atoms with Crippen LogP contribution in [0.25, 0.3) is 0 Å². The lowest BCUT2D eigenvalue weighted by Gasteiger charge is -2.31. The number of benzene rings is 1. The Bertz CT molecular complexity index is 679. The molecule has 1 heterocycles. The van der Waals surface area contributed by atoms with Gasteiger partial charge >= 0.3 is 0 Å². The van der Waals surface area contributed by atoms with Gasteiger partial charge in [-0.1, -0.05) is 24.6 Å². The quantitative estimate of drug-likeness (QED) is 0.881. The van der Waals surface area contributed by atoms with Crippen LogP contribution in [0.15, 0.2) is 24.5 Å². The van der Waals surface area contributed by atoms with Crippen LogP contribution in [0, 0.1) is 17.5 Å². The zero-order valence-electron chi connectivity index (χ0n) is 11.2. The van der Waals surface area contributed by atoms with Crippen LogP contribution in [0.5, 0.6) is 0 Å². The maximum Gasteiger partial charge on any atom is 0.182 e. The highest BCUT2D eigenvalue weighted by Gasteiger charge is 2.37. The van der Waals surface area contributed by atoms with E-state index in [1.165, 1.54) is 13.8 Å². The first-order valence-corrected chi connectivity index (χ1v) is 6.46. The Labute approximate surface area is 124 Å². The number of aliphatic hydroxyl groups is 1. The molecule has 0 radical (unpaired) electrons. The molecule has 0 bridgehead atoms. The molecule has 0 unspecified atom stereocenters. The van der Waals surface area contributed by atoms with E-state index in [2.05, 4.69) is 9.97 Å². The Balaban J connectivity index is 2.49. The van der Waals surface area contributed by atoms with Gasteiger partial charge in [0.25, 0.3) is 0 Å². The van der Waals surface area contributed by atoms with Crippen LogP contribution in [0.2, 0.25) is 5.15 Å². The Morgan fingerprint density at radius 3 is 2.52 bits per heavy atom. The first kappa shape index (κ1) is 15.7. The average molecular weight is 317 g/mol. The highest BCUT2D eigenvalue weighted by Crippen LogP contribution is 2.38. The molecule has 1 aromatic heterocycles. The normalized spacial score (nSPS) is 15.6. The summed E-state index contributed by atoms with van der Waals surface area (Å²) in [4.78, 5) is 7.23. The van der Waals surface area contributed by atoms with Gasteiger partial charge in [0.15, 0.2) is 11.0 Å². The van der Waals surface area contributed by atoms with Crippen molar-refractivity contribution in [3.8, 4) is 0 Å². The molecule has 0 spiro atoms. The van der Waals surface area contributed by atoms with Gasteiger partial charge in [-0.05, 0) is 13.0 Å². The van der Waals surface area contributed by atoms with Crippen LogP contribution < -0.4 is 0 Å². The van der Waals surface area contributed by atoms with Crippen LogP contribution in [0.3, 0.4) is 0 Å². The molecule has 0 amide bonds. The van der Waals surface area contributed by atoms with Crippen molar-refractivity contribution < 1.29 is 18.3 Å². The minimum atomic E-state index is -1.81. The van der Waals surface area contributed by atoms with Crippen molar-refractivity contribution >= 4 is 11.6 Å². The van der Waals surface area contributed by atoms with Crippen LogP contribution >= 0.6 is 11.6 Å². The Kier molecular flexibility index (Phi) is 4.20. The molecule has 3 nitrogen and oxygen atoms in total.